The lowest BCUT2D eigenvalue weighted by Gasteiger charge is -2.39. The number of hydrogen-bond acceptors (Lipinski definition) is 2. The third-order valence-corrected chi connectivity index (χ3v) is 5.05. The lowest BCUT2D eigenvalue weighted by molar-refractivity contribution is 0.113. The summed E-state index contributed by atoms with van der Waals surface area (Å²) >= 11 is 0. The third-order valence-electron chi connectivity index (χ3n) is 5.05. The van der Waals surface area contributed by atoms with Gasteiger partial charge in [0.2, 0.25) is 0 Å². The topological polar surface area (TPSA) is 15.3 Å². The number of nitrogens with one attached hydrogen (secondary N) is 1. The fourth-order valence-corrected chi connectivity index (χ4v) is 3.00. The molecule has 2 heteroatoms. The Morgan fingerprint density at radius 3 is 2.30 bits per heavy atom. The van der Waals surface area contributed by atoms with Gasteiger partial charge in [-0.2, -0.15) is 0 Å². The van der Waals surface area contributed by atoms with Gasteiger partial charge >= 0.3 is 0 Å². The zero-order valence-electron chi connectivity index (χ0n) is 14.5. The molecule has 20 heavy (non-hydrogen) atoms. The summed E-state index contributed by atoms with van der Waals surface area (Å²) in [5.74, 6) is 0.780. The lowest BCUT2D eigenvalue weighted by Crippen LogP contribution is -2.38. The fraction of sp³-hybridized carbons (Fsp3) is 1.00. The minimum Gasteiger partial charge on any atom is -0.316 e. The largest absolute Gasteiger partial charge is 0.316 e. The second-order valence-electron chi connectivity index (χ2n) is 7.52. The summed E-state index contributed by atoms with van der Waals surface area (Å²) in [6.07, 6.45) is 9.71. The van der Waals surface area contributed by atoms with Gasteiger partial charge in [-0.3, -0.25) is 0 Å². The van der Waals surface area contributed by atoms with Crippen molar-refractivity contribution in [3.05, 3.63) is 0 Å². The predicted octanol–water partition coefficient (Wildman–Crippen LogP) is 4.30. The van der Waals surface area contributed by atoms with Crippen LogP contribution in [0.3, 0.4) is 0 Å². The Hall–Kier alpha value is -0.0800. The SMILES string of the molecule is CCC1(C)CCN(CCCCCCNCC(C)C)CC1. The zero-order valence-corrected chi connectivity index (χ0v) is 14.5. The molecule has 0 aliphatic carbocycles. The van der Waals surface area contributed by atoms with Gasteiger partial charge in [-0.25, -0.2) is 0 Å². The van der Waals surface area contributed by atoms with Crippen LogP contribution in [0, 0.1) is 11.3 Å². The van der Waals surface area contributed by atoms with E-state index in [-0.39, 0.29) is 0 Å². The summed E-state index contributed by atoms with van der Waals surface area (Å²) in [6.45, 7) is 15.7. The van der Waals surface area contributed by atoms with Crippen molar-refractivity contribution >= 4 is 0 Å². The molecule has 1 heterocycles. The number of unbranched alkanes of at least 4 members (excludes halogenated alkanes) is 3. The van der Waals surface area contributed by atoms with Gasteiger partial charge in [0.25, 0.3) is 0 Å². The first-order chi connectivity index (χ1) is 9.56. The van der Waals surface area contributed by atoms with E-state index in [4.69, 9.17) is 0 Å². The molecule has 0 atom stereocenters. The third kappa shape index (κ3) is 7.64. The molecular weight excluding hydrogens is 244 g/mol. The van der Waals surface area contributed by atoms with E-state index in [1.807, 2.05) is 0 Å². The molecular formula is C18H38N2. The number of rotatable bonds is 10. The normalized spacial score (nSPS) is 19.6. The summed E-state index contributed by atoms with van der Waals surface area (Å²) in [7, 11) is 0. The van der Waals surface area contributed by atoms with Crippen LogP contribution in [0.15, 0.2) is 0 Å². The van der Waals surface area contributed by atoms with E-state index in [2.05, 4.69) is 37.9 Å². The van der Waals surface area contributed by atoms with E-state index in [1.165, 1.54) is 77.7 Å². The smallest absolute Gasteiger partial charge is 0.00135 e. The van der Waals surface area contributed by atoms with Crippen LogP contribution in [0.5, 0.6) is 0 Å². The van der Waals surface area contributed by atoms with Gasteiger partial charge in [0.1, 0.15) is 0 Å². The van der Waals surface area contributed by atoms with Crippen molar-refractivity contribution in [3.8, 4) is 0 Å². The number of nitrogens with zero attached hydrogens (tertiary/aromatic N) is 1. The summed E-state index contributed by atoms with van der Waals surface area (Å²) in [6, 6.07) is 0. The molecule has 120 valence electrons. The Kier molecular flexibility index (Phi) is 8.79. The van der Waals surface area contributed by atoms with Crippen molar-refractivity contribution in [2.75, 3.05) is 32.7 Å². The molecule has 1 N–H and O–H groups in total. The van der Waals surface area contributed by atoms with E-state index in [0.29, 0.717) is 5.41 Å². The molecule has 0 aromatic heterocycles. The molecule has 0 radical (unpaired) electrons. The van der Waals surface area contributed by atoms with Crippen LogP contribution in [0.1, 0.15) is 72.6 Å². The van der Waals surface area contributed by atoms with Gasteiger partial charge < -0.3 is 10.2 Å². The maximum atomic E-state index is 3.53. The lowest BCUT2D eigenvalue weighted by atomic mass is 9.78. The monoisotopic (exact) mass is 282 g/mol. The van der Waals surface area contributed by atoms with Crippen LogP contribution in [0.4, 0.5) is 0 Å². The second-order valence-corrected chi connectivity index (χ2v) is 7.52. The number of hydrogen-bond donors (Lipinski definition) is 1. The van der Waals surface area contributed by atoms with Crippen LogP contribution in [-0.4, -0.2) is 37.6 Å². The highest BCUT2D eigenvalue weighted by Crippen LogP contribution is 2.33. The average Bonchev–Trinajstić information content (AvgIpc) is 2.43. The highest BCUT2D eigenvalue weighted by Gasteiger charge is 2.27. The molecule has 1 aliphatic rings. The molecule has 0 amide bonds. The van der Waals surface area contributed by atoms with Crippen molar-refractivity contribution in [3.63, 3.8) is 0 Å². The summed E-state index contributed by atoms with van der Waals surface area (Å²) in [5, 5.41) is 3.53. The molecule has 0 spiro atoms. The Bertz CT molecular complexity index is 230. The highest BCUT2D eigenvalue weighted by molar-refractivity contribution is 4.81. The molecule has 1 rings (SSSR count). The van der Waals surface area contributed by atoms with Gasteiger partial charge in [-0.15, -0.1) is 0 Å². The molecule has 0 saturated carbocycles. The molecule has 1 aliphatic heterocycles. The minimum atomic E-state index is 0.637. The van der Waals surface area contributed by atoms with Crippen molar-refractivity contribution in [2.24, 2.45) is 11.3 Å². The Labute approximate surface area is 127 Å². The van der Waals surface area contributed by atoms with E-state index >= 15 is 0 Å². The van der Waals surface area contributed by atoms with Crippen molar-refractivity contribution in [1.29, 1.82) is 0 Å². The van der Waals surface area contributed by atoms with E-state index in [1.54, 1.807) is 0 Å². The standard InChI is InChI=1S/C18H38N2/c1-5-18(4)10-14-20(15-11-18)13-9-7-6-8-12-19-16-17(2)3/h17,19H,5-16H2,1-4H3. The van der Waals surface area contributed by atoms with Gasteiger partial charge in [-0.1, -0.05) is 47.0 Å². The first-order valence-corrected chi connectivity index (χ1v) is 8.99. The minimum absolute atomic E-state index is 0.637. The van der Waals surface area contributed by atoms with Crippen LogP contribution in [0.25, 0.3) is 0 Å². The van der Waals surface area contributed by atoms with Crippen LogP contribution in [-0.2, 0) is 0 Å². The highest BCUT2D eigenvalue weighted by atomic mass is 15.1. The Balaban J connectivity index is 1.90. The molecule has 0 bridgehead atoms. The van der Waals surface area contributed by atoms with Gasteiger partial charge in [-0.05, 0) is 69.7 Å². The van der Waals surface area contributed by atoms with Crippen molar-refractivity contribution in [2.45, 2.75) is 72.6 Å². The number of likely N-dealkylation sites (tertiary alicyclic amines) is 1. The summed E-state index contributed by atoms with van der Waals surface area (Å²) < 4.78 is 0. The Morgan fingerprint density at radius 2 is 1.70 bits per heavy atom. The molecule has 1 saturated heterocycles. The van der Waals surface area contributed by atoms with Gasteiger partial charge in [0.15, 0.2) is 0 Å². The van der Waals surface area contributed by atoms with Gasteiger partial charge in [0, 0.05) is 0 Å². The Morgan fingerprint density at radius 1 is 1.05 bits per heavy atom. The average molecular weight is 283 g/mol. The second kappa shape index (κ2) is 9.78. The van der Waals surface area contributed by atoms with E-state index in [9.17, 15) is 0 Å². The maximum absolute atomic E-state index is 3.53. The predicted molar refractivity (Wildman–Crippen MR) is 90.2 cm³/mol. The van der Waals surface area contributed by atoms with Crippen LogP contribution < -0.4 is 5.32 Å². The van der Waals surface area contributed by atoms with Gasteiger partial charge in [0.05, 0.1) is 0 Å². The van der Waals surface area contributed by atoms with E-state index < -0.39 is 0 Å². The van der Waals surface area contributed by atoms with Crippen LogP contribution >= 0.6 is 0 Å². The van der Waals surface area contributed by atoms with Crippen molar-refractivity contribution in [1.82, 2.24) is 10.2 Å². The van der Waals surface area contributed by atoms with E-state index in [0.717, 1.165) is 5.92 Å². The fourth-order valence-electron chi connectivity index (χ4n) is 3.00. The first kappa shape index (κ1) is 18.0. The molecule has 1 fully saturated rings. The quantitative estimate of drug-likeness (QED) is 0.601. The summed E-state index contributed by atoms with van der Waals surface area (Å²) in [4.78, 5) is 2.69. The molecule has 0 aromatic carbocycles. The van der Waals surface area contributed by atoms with Crippen LogP contribution in [0.2, 0.25) is 0 Å². The molecule has 0 unspecified atom stereocenters. The van der Waals surface area contributed by atoms with Crippen molar-refractivity contribution < 1.29 is 0 Å². The first-order valence-electron chi connectivity index (χ1n) is 8.99. The zero-order chi connectivity index (χ0) is 14.8. The number of piperidine rings is 1. The molecule has 0 aromatic rings. The maximum Gasteiger partial charge on any atom is -0.00135 e. The molecule has 2 nitrogen and oxygen atoms in total. The summed E-state index contributed by atoms with van der Waals surface area (Å²) in [5.41, 5.74) is 0.637.